The Morgan fingerprint density at radius 3 is 0.737 bits per heavy atom. The molecule has 9 N–H and O–H groups in total. The maximum absolute atomic E-state index is 12.0. The summed E-state index contributed by atoms with van der Waals surface area (Å²) in [5.41, 5.74) is 5.12. The predicted octanol–water partition coefficient (Wildman–Crippen LogP) is -1.76. The third kappa shape index (κ3) is 72.1. The number of likely N-dealkylation sites (N-methyl/N-ethyl adjacent to an activating group) is 6. The summed E-state index contributed by atoms with van der Waals surface area (Å²) in [6, 6.07) is 22.3. The highest BCUT2D eigenvalue weighted by Crippen LogP contribution is 2.22. The number of rotatable bonds is 27. The van der Waals surface area contributed by atoms with Crippen molar-refractivity contribution in [2.24, 2.45) is 20.9 Å². The Balaban J connectivity index is -0.00000180. The van der Waals surface area contributed by atoms with Gasteiger partial charge in [0.05, 0.1) is 91.4 Å². The first kappa shape index (κ1) is 129. The van der Waals surface area contributed by atoms with E-state index in [-0.39, 0.29) is 114 Å². The summed E-state index contributed by atoms with van der Waals surface area (Å²) < 4.78 is 0. The van der Waals surface area contributed by atoms with Crippen molar-refractivity contribution in [3.05, 3.63) is 89.5 Å². The van der Waals surface area contributed by atoms with Crippen LogP contribution >= 0.6 is 36.7 Å². The largest absolute Gasteiger partial charge is 0.480 e. The van der Waals surface area contributed by atoms with Crippen molar-refractivity contribution in [3.63, 3.8) is 0 Å². The molecule has 3 saturated heterocycles. The van der Waals surface area contributed by atoms with Crippen LogP contribution in [-0.4, -0.2) is 522 Å². The Labute approximate surface area is 808 Å². The Kier molecular flexibility index (Phi) is 76.5. The van der Waals surface area contributed by atoms with Gasteiger partial charge in [0.15, 0.2) is 0 Å². The average molecular weight is 1990 g/mol. The van der Waals surface area contributed by atoms with E-state index in [2.05, 4.69) is 91.3 Å². The molecular formula is C86H124N18O30S3. The molecule has 3 heterocycles. The lowest BCUT2D eigenvalue weighted by molar-refractivity contribution is -0.193. The Bertz CT molecular complexity index is 4320. The summed E-state index contributed by atoms with van der Waals surface area (Å²) in [7, 11) is 12.1. The number of carboxylic acid groups (broad SMARTS) is 9. The number of aliphatic carboxylic acids is 9. The number of nitrogens with zero attached hydrogens (tertiary/aromatic N) is 18. The lowest BCUT2D eigenvalue weighted by Crippen LogP contribution is -2.51. The van der Waals surface area contributed by atoms with E-state index >= 15 is 0 Å². The van der Waals surface area contributed by atoms with Gasteiger partial charge in [-0.25, -0.2) is 0 Å². The summed E-state index contributed by atoms with van der Waals surface area (Å²) in [6.45, 7) is 14.3. The highest BCUT2D eigenvalue weighted by Gasteiger charge is 2.30. The van der Waals surface area contributed by atoms with E-state index in [0.29, 0.717) is 187 Å². The summed E-state index contributed by atoms with van der Waals surface area (Å²) in [6.07, 6.45) is 3.91. The number of carboxylic acids is 9. The molecule has 3 aliphatic rings. The number of thiocarbonyl (C=S) groups is 3. The van der Waals surface area contributed by atoms with Crippen molar-refractivity contribution in [3.8, 4) is 0 Å². The van der Waals surface area contributed by atoms with Gasteiger partial charge in [0, 0.05) is 195 Å². The van der Waals surface area contributed by atoms with E-state index in [1.165, 1.54) is 0 Å². The van der Waals surface area contributed by atoms with E-state index in [1.807, 2.05) is 137 Å². The van der Waals surface area contributed by atoms with Gasteiger partial charge < -0.3 is 75.4 Å². The lowest BCUT2D eigenvalue weighted by atomic mass is 9.97. The number of hydrogen-bond donors (Lipinski definition) is 9. The number of carbonyl (C=O) groups is 9. The van der Waals surface area contributed by atoms with E-state index in [1.54, 1.807) is 14.7 Å². The second kappa shape index (κ2) is 81.2. The Hall–Kier alpha value is -12.0. The number of hydrogen-bond acceptors (Lipinski definition) is 42. The molecule has 3 aromatic rings. The van der Waals surface area contributed by atoms with Crippen LogP contribution in [0.3, 0.4) is 0 Å². The molecule has 51 heteroatoms. The summed E-state index contributed by atoms with van der Waals surface area (Å²) >= 11 is 14.0. The standard InChI is InChI=1S/C29H47N7O6S.C26H40N6O6S.C25H37N5O6S.6CO2/c1-31-8-9-32(2)12-13-34(20-27(37)38)14-15-35(21-28(39)40)16-17-36(22-29(41)42)26(19-33(3)11-10-31)18-24-4-6-25(7-5-24)30-23-43;1-28-7-8-29(2)10-14-32(19-26(37)38)23(15-21-3-5-22(6-4-21)27-20-39)16-31(18-25(35)36)13-12-30(11-9-28)17-24(33)34;1-27-9-10-28(16-23(31)32)7-2-8-29(17-24(33)34)11-12-30(18-25(35)36)15-21(14-27)13-20-3-5-22(6-4-20)26-19-37;6*2-1-3/h4-7,26H,8-22H2,1-3H3,(H,37,38)(H,39,40)(H,41,42);3-6,23H,7-19H2,1-2H3,(H,33,34)(H,35,36)(H,37,38);3-6,21H,2,7-18H2,1H3,(H,31,32)(H,33,34)(H,35,36);;;;;;. The molecule has 0 aromatic heterocycles. The first-order chi connectivity index (χ1) is 65.1. The van der Waals surface area contributed by atoms with Gasteiger partial charge in [0.25, 0.3) is 0 Å². The molecule has 3 aromatic carbocycles. The van der Waals surface area contributed by atoms with Crippen LogP contribution in [-0.2, 0) is 120 Å². The SMILES string of the molecule is CN1CCN(C)CCN(CC(=O)O)C(Cc2ccc(N=C=S)cc2)CN(CC(=O)O)CCN(CC(=O)O)CC1.CN1CCN(C)CCN(CC(=O)O)CCN(CC(=O)O)CCN(CC(=O)O)C(Cc2ccc(N=C=S)cc2)CN(C)CC1.CN1CCN(CC(=O)O)CCCN(CC(=O)O)CCN(CC(=O)O)CC(Cc2ccc(N=C=S)cc2)C1.O=C=O.O=C=O.O=C=O.O=C=O.O=C=O.O=C=O. The molecule has 0 amide bonds. The molecule has 48 nitrogen and oxygen atoms in total. The molecule has 3 fully saturated rings. The normalized spacial score (nSPS) is 18.1. The zero-order valence-corrected chi connectivity index (χ0v) is 80.0. The minimum absolute atomic E-state index is 0.0703. The topological polar surface area (TPSA) is 626 Å². The molecule has 0 bridgehead atoms. The molecule has 0 aliphatic carbocycles. The van der Waals surface area contributed by atoms with E-state index in [0.717, 1.165) is 56.0 Å². The highest BCUT2D eigenvalue weighted by atomic mass is 32.1. The van der Waals surface area contributed by atoms with Gasteiger partial charge in [-0.15, -0.1) is 0 Å². The number of benzene rings is 3. The maximum atomic E-state index is 12.0. The van der Waals surface area contributed by atoms with Gasteiger partial charge in [-0.05, 0) is 164 Å². The van der Waals surface area contributed by atoms with Crippen LogP contribution in [0.2, 0.25) is 0 Å². The van der Waals surface area contributed by atoms with Crippen LogP contribution in [0.15, 0.2) is 87.8 Å². The number of isothiocyanates is 3. The molecule has 756 valence electrons. The monoisotopic (exact) mass is 1980 g/mol. The van der Waals surface area contributed by atoms with Crippen molar-refractivity contribution in [1.29, 1.82) is 0 Å². The second-order valence-electron chi connectivity index (χ2n) is 31.3. The van der Waals surface area contributed by atoms with Crippen LogP contribution in [0.1, 0.15) is 23.1 Å². The van der Waals surface area contributed by atoms with Gasteiger partial charge in [-0.2, -0.15) is 72.5 Å². The van der Waals surface area contributed by atoms with Crippen LogP contribution < -0.4 is 0 Å². The zero-order chi connectivity index (χ0) is 104. The van der Waals surface area contributed by atoms with Gasteiger partial charge in [0.2, 0.25) is 0 Å². The number of carbonyl (C=O) groups excluding carboxylic acids is 12. The first-order valence-corrected chi connectivity index (χ1v) is 43.4. The molecule has 0 spiro atoms. The fourth-order valence-corrected chi connectivity index (χ4v) is 14.6. The van der Waals surface area contributed by atoms with Crippen molar-refractivity contribution >= 4 is 160 Å². The smallest absolute Gasteiger partial charge is 0.373 e. The van der Waals surface area contributed by atoms with Crippen molar-refractivity contribution in [2.45, 2.75) is 37.8 Å². The number of aliphatic imine (C=N–C) groups is 3. The average Bonchev–Trinajstić information content (AvgIpc) is 1.37. The lowest BCUT2D eigenvalue weighted by Gasteiger charge is -2.36. The zero-order valence-electron chi connectivity index (χ0n) is 77.5. The minimum atomic E-state index is -0.997. The predicted molar refractivity (Wildman–Crippen MR) is 492 cm³/mol. The molecule has 3 aliphatic heterocycles. The van der Waals surface area contributed by atoms with Crippen molar-refractivity contribution < 1.29 is 147 Å². The van der Waals surface area contributed by atoms with Crippen LogP contribution in [0.25, 0.3) is 0 Å². The fraction of sp³-hybridized carbons (Fsp3) is 0.581. The Morgan fingerprint density at radius 1 is 0.255 bits per heavy atom. The molecule has 0 saturated carbocycles. The van der Waals surface area contributed by atoms with Gasteiger partial charge in [-0.1, -0.05) is 36.4 Å². The highest BCUT2D eigenvalue weighted by molar-refractivity contribution is 7.78. The molecule has 6 rings (SSSR count). The van der Waals surface area contributed by atoms with Crippen molar-refractivity contribution in [2.75, 3.05) is 284 Å². The van der Waals surface area contributed by atoms with Gasteiger partial charge in [0.1, 0.15) is 0 Å². The van der Waals surface area contributed by atoms with Gasteiger partial charge >= 0.3 is 90.6 Å². The van der Waals surface area contributed by atoms with E-state index in [9.17, 15) is 89.1 Å². The summed E-state index contributed by atoms with van der Waals surface area (Å²) in [4.78, 5) is 244. The molecule has 3 unspecified atom stereocenters. The molecular weight excluding hydrogens is 1860 g/mol. The van der Waals surface area contributed by atoms with Crippen LogP contribution in [0.5, 0.6) is 0 Å². The van der Waals surface area contributed by atoms with Crippen molar-refractivity contribution in [1.82, 2.24) is 73.5 Å². The molecule has 0 radical (unpaired) electrons. The minimum Gasteiger partial charge on any atom is -0.480 e. The first-order valence-electron chi connectivity index (χ1n) is 42.2. The van der Waals surface area contributed by atoms with Crippen LogP contribution in [0.4, 0.5) is 17.1 Å². The van der Waals surface area contributed by atoms with E-state index < -0.39 is 53.7 Å². The fourth-order valence-electron chi connectivity index (χ4n) is 14.2. The van der Waals surface area contributed by atoms with E-state index in [4.69, 9.17) is 69.8 Å². The third-order valence-corrected chi connectivity index (χ3v) is 21.0. The summed E-state index contributed by atoms with van der Waals surface area (Å²) in [5.74, 6) is -8.45. The molecule has 137 heavy (non-hydrogen) atoms. The summed E-state index contributed by atoms with van der Waals surface area (Å²) in [5, 5.41) is 92.9. The second-order valence-corrected chi connectivity index (χ2v) is 31.9. The Morgan fingerprint density at radius 2 is 0.453 bits per heavy atom. The quantitative estimate of drug-likeness (QED) is 0.0302. The molecule has 3 atom stereocenters. The third-order valence-electron chi connectivity index (χ3n) is 20.7. The maximum Gasteiger partial charge on any atom is 0.373 e. The van der Waals surface area contributed by atoms with Crippen LogP contribution in [0, 0.1) is 5.92 Å². The van der Waals surface area contributed by atoms with Gasteiger partial charge in [-0.3, -0.25) is 87.3 Å².